The fraction of sp³-hybridized carbons (Fsp3) is 0.909. The third-order valence-corrected chi connectivity index (χ3v) is 2.12. The van der Waals surface area contributed by atoms with E-state index in [9.17, 15) is 0 Å². The molecule has 0 saturated heterocycles. The van der Waals surface area contributed by atoms with Crippen molar-refractivity contribution < 1.29 is 0 Å². The minimum atomic E-state index is -0.0403. The summed E-state index contributed by atoms with van der Waals surface area (Å²) in [5.41, 5.74) is 0. The molecule has 3 heteroatoms. The van der Waals surface area contributed by atoms with Gasteiger partial charge in [-0.3, -0.25) is 5.32 Å². The number of rotatable bonds is 7. The zero-order valence-corrected chi connectivity index (χ0v) is 9.88. The summed E-state index contributed by atoms with van der Waals surface area (Å²) in [6.45, 7) is 11.4. The lowest BCUT2D eigenvalue weighted by Gasteiger charge is -2.24. The molecule has 0 aliphatic heterocycles. The Morgan fingerprint density at radius 3 is 2.36 bits per heavy atom. The number of likely N-dealkylation sites (N-methyl/N-ethyl adjacent to an activating group) is 1. The second-order valence-electron chi connectivity index (χ2n) is 3.90. The van der Waals surface area contributed by atoms with Crippen LogP contribution in [0.5, 0.6) is 0 Å². The van der Waals surface area contributed by atoms with Crippen LogP contribution in [-0.2, 0) is 0 Å². The Balaban J connectivity index is 3.95. The van der Waals surface area contributed by atoms with Crippen molar-refractivity contribution >= 4 is 0 Å². The molecule has 1 atom stereocenters. The standard InChI is InChI=1S/C11H23N3/c1-5-7-14(6-2)9-11(8-12)13-10(3)4/h10-11,13H,5-7,9H2,1-4H3. The SMILES string of the molecule is CCCN(CC)CC(C#N)NC(C)C. The second kappa shape index (κ2) is 7.78. The molecule has 14 heavy (non-hydrogen) atoms. The van der Waals surface area contributed by atoms with Gasteiger partial charge < -0.3 is 4.90 Å². The highest BCUT2D eigenvalue weighted by atomic mass is 15.1. The van der Waals surface area contributed by atoms with Gasteiger partial charge in [0.1, 0.15) is 6.04 Å². The predicted octanol–water partition coefficient (Wildman–Crippen LogP) is 1.61. The van der Waals surface area contributed by atoms with Gasteiger partial charge in [-0.25, -0.2) is 0 Å². The Bertz CT molecular complexity index is 172. The lowest BCUT2D eigenvalue weighted by atomic mass is 10.2. The summed E-state index contributed by atoms with van der Waals surface area (Å²) in [4.78, 5) is 2.31. The predicted molar refractivity (Wildman–Crippen MR) is 60.1 cm³/mol. The smallest absolute Gasteiger partial charge is 0.108 e. The molecule has 0 spiro atoms. The normalized spacial score (nSPS) is 13.2. The largest absolute Gasteiger partial charge is 0.301 e. The van der Waals surface area contributed by atoms with E-state index in [1.165, 1.54) is 0 Å². The first kappa shape index (κ1) is 13.4. The van der Waals surface area contributed by atoms with E-state index in [2.05, 4.69) is 44.0 Å². The van der Waals surface area contributed by atoms with Gasteiger partial charge in [0.15, 0.2) is 0 Å². The molecule has 1 unspecified atom stereocenters. The highest BCUT2D eigenvalue weighted by molar-refractivity contribution is 4.92. The van der Waals surface area contributed by atoms with Crippen molar-refractivity contribution in [2.45, 2.75) is 46.2 Å². The van der Waals surface area contributed by atoms with E-state index in [1.54, 1.807) is 0 Å². The van der Waals surface area contributed by atoms with Crippen LogP contribution < -0.4 is 5.32 Å². The first-order valence-corrected chi connectivity index (χ1v) is 5.52. The average molecular weight is 197 g/mol. The molecule has 1 N–H and O–H groups in total. The molecule has 0 aliphatic carbocycles. The fourth-order valence-electron chi connectivity index (χ4n) is 1.49. The van der Waals surface area contributed by atoms with E-state index in [0.29, 0.717) is 6.04 Å². The molecule has 82 valence electrons. The molecule has 0 aromatic carbocycles. The van der Waals surface area contributed by atoms with Crippen molar-refractivity contribution in [1.82, 2.24) is 10.2 Å². The summed E-state index contributed by atoms with van der Waals surface area (Å²) in [5.74, 6) is 0. The maximum absolute atomic E-state index is 8.95. The van der Waals surface area contributed by atoms with E-state index in [1.807, 2.05) is 0 Å². The van der Waals surface area contributed by atoms with Crippen LogP contribution in [0.3, 0.4) is 0 Å². The summed E-state index contributed by atoms with van der Waals surface area (Å²) >= 11 is 0. The number of hydrogen-bond acceptors (Lipinski definition) is 3. The molecule has 0 heterocycles. The van der Waals surface area contributed by atoms with Crippen LogP contribution in [0.4, 0.5) is 0 Å². The van der Waals surface area contributed by atoms with E-state index >= 15 is 0 Å². The van der Waals surface area contributed by atoms with E-state index < -0.39 is 0 Å². The zero-order chi connectivity index (χ0) is 11.0. The monoisotopic (exact) mass is 197 g/mol. The molecule has 0 saturated carbocycles. The Hall–Kier alpha value is -0.590. The summed E-state index contributed by atoms with van der Waals surface area (Å²) in [5, 5.41) is 12.2. The Kier molecular flexibility index (Phi) is 7.45. The molecule has 0 aromatic heterocycles. The maximum atomic E-state index is 8.95. The van der Waals surface area contributed by atoms with Gasteiger partial charge in [-0.05, 0) is 33.4 Å². The first-order chi connectivity index (χ1) is 6.63. The van der Waals surface area contributed by atoms with Crippen molar-refractivity contribution in [2.24, 2.45) is 0 Å². The highest BCUT2D eigenvalue weighted by Gasteiger charge is 2.12. The van der Waals surface area contributed by atoms with Crippen molar-refractivity contribution in [1.29, 1.82) is 5.26 Å². The Labute approximate surface area is 88.1 Å². The molecular weight excluding hydrogens is 174 g/mol. The number of hydrogen-bond donors (Lipinski definition) is 1. The van der Waals surface area contributed by atoms with E-state index in [0.717, 1.165) is 26.1 Å². The molecule has 0 bridgehead atoms. The van der Waals surface area contributed by atoms with Crippen LogP contribution in [-0.4, -0.2) is 36.6 Å². The zero-order valence-electron chi connectivity index (χ0n) is 9.88. The molecule has 0 fully saturated rings. The van der Waals surface area contributed by atoms with E-state index in [4.69, 9.17) is 5.26 Å². The summed E-state index contributed by atoms with van der Waals surface area (Å²) in [6, 6.07) is 2.64. The van der Waals surface area contributed by atoms with Crippen LogP contribution in [0.15, 0.2) is 0 Å². The topological polar surface area (TPSA) is 39.1 Å². The molecule has 0 rings (SSSR count). The van der Waals surface area contributed by atoms with E-state index in [-0.39, 0.29) is 6.04 Å². The maximum Gasteiger partial charge on any atom is 0.108 e. The molecule has 0 aromatic rings. The summed E-state index contributed by atoms with van der Waals surface area (Å²) in [6.07, 6.45) is 1.15. The third-order valence-electron chi connectivity index (χ3n) is 2.12. The van der Waals surface area contributed by atoms with Gasteiger partial charge in [0.2, 0.25) is 0 Å². The second-order valence-corrected chi connectivity index (χ2v) is 3.90. The van der Waals surface area contributed by atoms with Crippen LogP contribution in [0.2, 0.25) is 0 Å². The first-order valence-electron chi connectivity index (χ1n) is 5.52. The fourth-order valence-corrected chi connectivity index (χ4v) is 1.49. The molecule has 0 aliphatic rings. The lowest BCUT2D eigenvalue weighted by molar-refractivity contribution is 0.266. The van der Waals surface area contributed by atoms with Crippen molar-refractivity contribution in [3.05, 3.63) is 0 Å². The van der Waals surface area contributed by atoms with Gasteiger partial charge in [0, 0.05) is 12.6 Å². The Morgan fingerprint density at radius 2 is 2.00 bits per heavy atom. The Morgan fingerprint density at radius 1 is 1.36 bits per heavy atom. The summed E-state index contributed by atoms with van der Waals surface area (Å²) in [7, 11) is 0. The third kappa shape index (κ3) is 5.95. The molecule has 0 amide bonds. The highest BCUT2D eigenvalue weighted by Crippen LogP contribution is 1.95. The van der Waals surface area contributed by atoms with Crippen molar-refractivity contribution in [3.8, 4) is 6.07 Å². The van der Waals surface area contributed by atoms with Gasteiger partial charge in [0.25, 0.3) is 0 Å². The minimum Gasteiger partial charge on any atom is -0.301 e. The van der Waals surface area contributed by atoms with Gasteiger partial charge in [-0.2, -0.15) is 5.26 Å². The van der Waals surface area contributed by atoms with Gasteiger partial charge in [-0.1, -0.05) is 13.8 Å². The van der Waals surface area contributed by atoms with Gasteiger partial charge in [0.05, 0.1) is 6.07 Å². The van der Waals surface area contributed by atoms with Crippen molar-refractivity contribution in [3.63, 3.8) is 0 Å². The van der Waals surface area contributed by atoms with Crippen molar-refractivity contribution in [2.75, 3.05) is 19.6 Å². The van der Waals surface area contributed by atoms with Crippen LogP contribution in [0.25, 0.3) is 0 Å². The molecular formula is C11H23N3. The minimum absolute atomic E-state index is 0.0403. The van der Waals surface area contributed by atoms with Crippen LogP contribution >= 0.6 is 0 Å². The van der Waals surface area contributed by atoms with Gasteiger partial charge >= 0.3 is 0 Å². The molecule has 0 radical (unpaired) electrons. The number of nitrogens with zero attached hydrogens (tertiary/aromatic N) is 2. The van der Waals surface area contributed by atoms with Crippen LogP contribution in [0.1, 0.15) is 34.1 Å². The molecule has 3 nitrogen and oxygen atoms in total. The number of nitriles is 1. The van der Waals surface area contributed by atoms with Crippen LogP contribution in [0, 0.1) is 11.3 Å². The quantitative estimate of drug-likeness (QED) is 0.674. The van der Waals surface area contributed by atoms with Gasteiger partial charge in [-0.15, -0.1) is 0 Å². The lowest BCUT2D eigenvalue weighted by Crippen LogP contribution is -2.43. The summed E-state index contributed by atoms with van der Waals surface area (Å²) < 4.78 is 0. The average Bonchev–Trinajstić information content (AvgIpc) is 2.15. The number of nitrogens with one attached hydrogen (secondary N) is 1.